The molecule has 1 atom stereocenters. The maximum Gasteiger partial charge on any atom is 0.180 e. The van der Waals surface area contributed by atoms with Crippen molar-refractivity contribution in [3.63, 3.8) is 0 Å². The number of hydrogen-bond donors (Lipinski definition) is 1. The summed E-state index contributed by atoms with van der Waals surface area (Å²) in [6.07, 6.45) is 1.86. The van der Waals surface area contributed by atoms with E-state index in [1.807, 2.05) is 0 Å². The molecule has 5 heteroatoms. The Morgan fingerprint density at radius 2 is 1.89 bits per heavy atom. The topological polar surface area (TPSA) is 63.2 Å². The Morgan fingerprint density at radius 3 is 2.37 bits per heavy atom. The van der Waals surface area contributed by atoms with Gasteiger partial charge in [0.25, 0.3) is 0 Å². The van der Waals surface area contributed by atoms with Crippen molar-refractivity contribution < 1.29 is 13.2 Å². The smallest absolute Gasteiger partial charge is 0.180 e. The minimum atomic E-state index is -3.27. The summed E-state index contributed by atoms with van der Waals surface area (Å²) in [5.41, 5.74) is 0.571. The van der Waals surface area contributed by atoms with Crippen LogP contribution in [0.5, 0.6) is 0 Å². The lowest BCUT2D eigenvalue weighted by molar-refractivity contribution is 0.0952. The van der Waals surface area contributed by atoms with Crippen molar-refractivity contribution in [3.8, 4) is 0 Å². The molecule has 4 nitrogen and oxygen atoms in total. The van der Waals surface area contributed by atoms with Crippen molar-refractivity contribution in [3.05, 3.63) is 29.8 Å². The summed E-state index contributed by atoms with van der Waals surface area (Å²) in [6, 6.07) is 6.15. The van der Waals surface area contributed by atoms with Crippen molar-refractivity contribution in [2.24, 2.45) is 0 Å². The molecule has 1 aliphatic rings. The third-order valence-electron chi connectivity index (χ3n) is 3.46. The van der Waals surface area contributed by atoms with E-state index >= 15 is 0 Å². The van der Waals surface area contributed by atoms with E-state index in [1.165, 1.54) is 12.1 Å². The zero-order chi connectivity index (χ0) is 14.0. The van der Waals surface area contributed by atoms with Crippen LogP contribution in [0.4, 0.5) is 0 Å². The number of benzene rings is 1. The van der Waals surface area contributed by atoms with E-state index in [0.29, 0.717) is 5.56 Å². The molecule has 0 spiro atoms. The van der Waals surface area contributed by atoms with Gasteiger partial charge in [-0.05, 0) is 45.4 Å². The molecule has 19 heavy (non-hydrogen) atoms. The molecule has 1 saturated heterocycles. The van der Waals surface area contributed by atoms with Crippen molar-refractivity contribution in [1.29, 1.82) is 0 Å². The Hall–Kier alpha value is -1.20. The van der Waals surface area contributed by atoms with Crippen LogP contribution in [0.1, 0.15) is 37.0 Å². The van der Waals surface area contributed by atoms with Gasteiger partial charge in [0, 0.05) is 5.56 Å². The molecule has 0 radical (unpaired) electrons. The number of carbonyl (C=O) groups is 1. The van der Waals surface area contributed by atoms with Crippen LogP contribution in [-0.2, 0) is 9.84 Å². The summed E-state index contributed by atoms with van der Waals surface area (Å²) in [6.45, 7) is 4.17. The number of hydrogen-bond acceptors (Lipinski definition) is 4. The van der Waals surface area contributed by atoms with E-state index in [9.17, 15) is 13.2 Å². The number of nitrogens with one attached hydrogen (secondary N) is 1. The summed E-state index contributed by atoms with van der Waals surface area (Å²) < 4.78 is 23.9. The average Bonchev–Trinajstić information content (AvgIpc) is 2.91. The van der Waals surface area contributed by atoms with Crippen LogP contribution in [0, 0.1) is 0 Å². The van der Waals surface area contributed by atoms with Gasteiger partial charge in [-0.1, -0.05) is 12.1 Å². The molecule has 1 fully saturated rings. The van der Waals surface area contributed by atoms with E-state index in [4.69, 9.17) is 0 Å². The first-order valence-corrected chi connectivity index (χ1v) is 8.09. The van der Waals surface area contributed by atoms with Gasteiger partial charge in [0.05, 0.1) is 16.2 Å². The fourth-order valence-electron chi connectivity index (χ4n) is 2.19. The van der Waals surface area contributed by atoms with Gasteiger partial charge in [-0.15, -0.1) is 0 Å². The molecule has 1 aromatic carbocycles. The quantitative estimate of drug-likeness (QED) is 0.855. The standard InChI is InChI=1S/C14H19NO3S/c1-10(2)19(17,18)12-7-5-11(6-8-12)14(16)13-4-3-9-15-13/h5-8,10,13,15H,3-4,9H2,1-2H3. The van der Waals surface area contributed by atoms with Crippen LogP contribution in [0.3, 0.4) is 0 Å². The summed E-state index contributed by atoms with van der Waals surface area (Å²) >= 11 is 0. The van der Waals surface area contributed by atoms with E-state index in [2.05, 4.69) is 5.32 Å². The molecular formula is C14H19NO3S. The first-order valence-electron chi connectivity index (χ1n) is 6.54. The summed E-state index contributed by atoms with van der Waals surface area (Å²) in [5.74, 6) is 0.0472. The maximum absolute atomic E-state index is 12.1. The SMILES string of the molecule is CC(C)S(=O)(=O)c1ccc(C(=O)C2CCCN2)cc1. The predicted octanol–water partition coefficient (Wildman–Crippen LogP) is 1.80. The Balaban J connectivity index is 2.21. The van der Waals surface area contributed by atoms with Gasteiger partial charge in [-0.2, -0.15) is 0 Å². The zero-order valence-corrected chi connectivity index (χ0v) is 12.0. The van der Waals surface area contributed by atoms with Crippen LogP contribution >= 0.6 is 0 Å². The highest BCUT2D eigenvalue weighted by Gasteiger charge is 2.24. The van der Waals surface area contributed by atoms with Crippen molar-refractivity contribution in [1.82, 2.24) is 5.32 Å². The molecule has 1 unspecified atom stereocenters. The molecule has 1 heterocycles. The highest BCUT2D eigenvalue weighted by molar-refractivity contribution is 7.92. The van der Waals surface area contributed by atoms with Gasteiger partial charge < -0.3 is 5.32 Å². The minimum Gasteiger partial charge on any atom is -0.307 e. The third-order valence-corrected chi connectivity index (χ3v) is 5.64. The fourth-order valence-corrected chi connectivity index (χ4v) is 3.25. The second-order valence-corrected chi connectivity index (χ2v) is 7.64. The summed E-state index contributed by atoms with van der Waals surface area (Å²) in [7, 11) is -3.27. The fraction of sp³-hybridized carbons (Fsp3) is 0.500. The molecule has 0 bridgehead atoms. The number of sulfone groups is 1. The molecule has 0 amide bonds. The summed E-state index contributed by atoms with van der Waals surface area (Å²) in [5, 5.41) is 2.70. The van der Waals surface area contributed by atoms with E-state index in [1.54, 1.807) is 26.0 Å². The van der Waals surface area contributed by atoms with E-state index < -0.39 is 15.1 Å². The predicted molar refractivity (Wildman–Crippen MR) is 74.1 cm³/mol. The second kappa shape index (κ2) is 5.43. The molecule has 104 valence electrons. The van der Waals surface area contributed by atoms with Gasteiger partial charge in [-0.3, -0.25) is 4.79 Å². The number of rotatable bonds is 4. The van der Waals surface area contributed by atoms with Crippen LogP contribution in [-0.4, -0.2) is 32.0 Å². The highest BCUT2D eigenvalue weighted by Crippen LogP contribution is 2.18. The lowest BCUT2D eigenvalue weighted by atomic mass is 10.0. The molecule has 1 N–H and O–H groups in total. The summed E-state index contributed by atoms with van der Waals surface area (Å²) in [4.78, 5) is 12.4. The Kier molecular flexibility index (Phi) is 4.06. The van der Waals surface area contributed by atoms with E-state index in [-0.39, 0.29) is 16.7 Å². The lowest BCUT2D eigenvalue weighted by Gasteiger charge is -2.11. The van der Waals surface area contributed by atoms with Crippen molar-refractivity contribution in [2.45, 2.75) is 42.9 Å². The van der Waals surface area contributed by atoms with Crippen LogP contribution in [0.15, 0.2) is 29.2 Å². The second-order valence-electron chi connectivity index (χ2n) is 5.13. The highest BCUT2D eigenvalue weighted by atomic mass is 32.2. The molecule has 0 aliphatic carbocycles. The van der Waals surface area contributed by atoms with Crippen LogP contribution in [0.2, 0.25) is 0 Å². The van der Waals surface area contributed by atoms with Gasteiger partial charge >= 0.3 is 0 Å². The molecule has 2 rings (SSSR count). The van der Waals surface area contributed by atoms with Gasteiger partial charge in [0.15, 0.2) is 15.6 Å². The average molecular weight is 281 g/mol. The van der Waals surface area contributed by atoms with Crippen LogP contribution < -0.4 is 5.32 Å². The lowest BCUT2D eigenvalue weighted by Crippen LogP contribution is -2.30. The Morgan fingerprint density at radius 1 is 1.26 bits per heavy atom. The van der Waals surface area contributed by atoms with Crippen molar-refractivity contribution in [2.75, 3.05) is 6.54 Å². The number of Topliss-reactive ketones (excluding diaryl/α,β-unsaturated/α-hetero) is 1. The Labute approximate surface area is 114 Å². The minimum absolute atomic E-state index is 0.0472. The van der Waals surface area contributed by atoms with E-state index in [0.717, 1.165) is 19.4 Å². The van der Waals surface area contributed by atoms with Crippen LogP contribution in [0.25, 0.3) is 0 Å². The largest absolute Gasteiger partial charge is 0.307 e. The third kappa shape index (κ3) is 2.87. The molecular weight excluding hydrogens is 262 g/mol. The van der Waals surface area contributed by atoms with Gasteiger partial charge in [0.2, 0.25) is 0 Å². The zero-order valence-electron chi connectivity index (χ0n) is 11.2. The Bertz CT molecular complexity index is 555. The normalized spacial score (nSPS) is 19.8. The van der Waals surface area contributed by atoms with Gasteiger partial charge in [0.1, 0.15) is 0 Å². The molecule has 0 aromatic heterocycles. The van der Waals surface area contributed by atoms with Gasteiger partial charge in [-0.25, -0.2) is 8.42 Å². The maximum atomic E-state index is 12.1. The van der Waals surface area contributed by atoms with Crippen molar-refractivity contribution >= 4 is 15.6 Å². The number of carbonyl (C=O) groups excluding carboxylic acids is 1. The molecule has 1 aromatic rings. The molecule has 0 saturated carbocycles. The first-order chi connectivity index (χ1) is 8.93. The molecule has 1 aliphatic heterocycles. The first kappa shape index (κ1) is 14.2. The monoisotopic (exact) mass is 281 g/mol. The number of ketones is 1.